The van der Waals surface area contributed by atoms with Crippen molar-refractivity contribution in [1.82, 2.24) is 0 Å². The van der Waals surface area contributed by atoms with E-state index in [1.807, 2.05) is 44.2 Å². The molecule has 0 saturated heterocycles. The van der Waals surface area contributed by atoms with Crippen molar-refractivity contribution in [2.75, 3.05) is 0 Å². The lowest BCUT2D eigenvalue weighted by Gasteiger charge is -1.87. The minimum Gasteiger partial charge on any atom is -0.151 e. The Balaban J connectivity index is 4.13. The van der Waals surface area contributed by atoms with E-state index in [4.69, 9.17) is 0 Å². The number of rotatable bonds is 4. The molecule has 0 aliphatic heterocycles. The molecule has 0 spiro atoms. The topological polar surface area (TPSA) is 0 Å². The average Bonchev–Trinajstić information content (AvgIpc) is 2.21. The number of allylic oxidation sites excluding steroid dienone is 9. The fourth-order valence-corrected chi connectivity index (χ4v) is 0.847. The maximum Gasteiger partial charge on any atom is -0.0295 e. The first-order chi connectivity index (χ1) is 6.70. The first-order valence-corrected chi connectivity index (χ1v) is 5.17. The normalized spacial score (nSPS) is 15.1. The summed E-state index contributed by atoms with van der Waals surface area (Å²) in [4.78, 5) is 0. The smallest absolute Gasteiger partial charge is 0.0295 e. The molecule has 0 atom stereocenters. The number of thiol groups is 1. The standard InChI is InChI=1S/C13H18S/c1-4-5-8-12(2)9-6-7-10-13(3)11-14/h4-11,14H,1-3H3/b5-4-,9-6-,10-7-,12-8+,13-11+. The molecule has 0 rings (SSSR count). The molecule has 0 aromatic rings. The van der Waals surface area contributed by atoms with Crippen LogP contribution in [0.25, 0.3) is 0 Å². The summed E-state index contributed by atoms with van der Waals surface area (Å²) in [6.07, 6.45) is 14.2. The average molecular weight is 206 g/mol. The van der Waals surface area contributed by atoms with Gasteiger partial charge in [-0.15, -0.1) is 0 Å². The van der Waals surface area contributed by atoms with Gasteiger partial charge in [0.2, 0.25) is 0 Å². The molecule has 1 heteroatoms. The van der Waals surface area contributed by atoms with E-state index in [0.29, 0.717) is 0 Å². The third-order valence-corrected chi connectivity index (χ3v) is 1.99. The van der Waals surface area contributed by atoms with Gasteiger partial charge in [0.1, 0.15) is 0 Å². The minimum atomic E-state index is 1.15. The molecule has 0 N–H and O–H groups in total. The predicted octanol–water partition coefficient (Wildman–Crippen LogP) is 4.45. The van der Waals surface area contributed by atoms with E-state index in [2.05, 4.69) is 31.7 Å². The van der Waals surface area contributed by atoms with E-state index >= 15 is 0 Å². The van der Waals surface area contributed by atoms with Crippen molar-refractivity contribution < 1.29 is 0 Å². The maximum absolute atomic E-state index is 4.05. The van der Waals surface area contributed by atoms with Crippen molar-refractivity contribution in [3.63, 3.8) is 0 Å². The van der Waals surface area contributed by atoms with Gasteiger partial charge in [0, 0.05) is 0 Å². The molecule has 0 unspecified atom stereocenters. The Hall–Kier alpha value is -0.950. The zero-order valence-corrected chi connectivity index (χ0v) is 9.96. The largest absolute Gasteiger partial charge is 0.151 e. The Morgan fingerprint density at radius 3 is 2.00 bits per heavy atom. The van der Waals surface area contributed by atoms with Gasteiger partial charge in [0.25, 0.3) is 0 Å². The van der Waals surface area contributed by atoms with Crippen LogP contribution in [-0.2, 0) is 0 Å². The highest BCUT2D eigenvalue weighted by Crippen LogP contribution is 1.99. The van der Waals surface area contributed by atoms with Crippen molar-refractivity contribution in [2.45, 2.75) is 20.8 Å². The van der Waals surface area contributed by atoms with Gasteiger partial charge in [-0.2, -0.15) is 12.6 Å². The van der Waals surface area contributed by atoms with Gasteiger partial charge in [-0.3, -0.25) is 0 Å². The fourth-order valence-electron chi connectivity index (χ4n) is 0.761. The van der Waals surface area contributed by atoms with Gasteiger partial charge in [0.05, 0.1) is 0 Å². The van der Waals surface area contributed by atoms with Crippen molar-refractivity contribution in [2.24, 2.45) is 0 Å². The van der Waals surface area contributed by atoms with E-state index in [9.17, 15) is 0 Å². The Labute approximate surface area is 92.8 Å². The van der Waals surface area contributed by atoms with E-state index < -0.39 is 0 Å². The maximum atomic E-state index is 4.05. The van der Waals surface area contributed by atoms with Crippen LogP contribution in [0, 0.1) is 0 Å². The van der Waals surface area contributed by atoms with Crippen LogP contribution in [0.1, 0.15) is 20.8 Å². The monoisotopic (exact) mass is 206 g/mol. The molecule has 14 heavy (non-hydrogen) atoms. The van der Waals surface area contributed by atoms with Crippen molar-refractivity contribution in [3.8, 4) is 0 Å². The SMILES string of the molecule is C\C=C/C=C(C)/C=C\C=C/C(C)=C/S. The van der Waals surface area contributed by atoms with Gasteiger partial charge in [0.15, 0.2) is 0 Å². The molecule has 0 heterocycles. The zero-order valence-electron chi connectivity index (χ0n) is 9.07. The highest BCUT2D eigenvalue weighted by Gasteiger charge is 1.77. The van der Waals surface area contributed by atoms with Crippen LogP contribution in [0.5, 0.6) is 0 Å². The molecule has 0 fully saturated rings. The van der Waals surface area contributed by atoms with Gasteiger partial charge in [-0.25, -0.2) is 0 Å². The first kappa shape index (κ1) is 13.1. The lowest BCUT2D eigenvalue weighted by atomic mass is 10.2. The van der Waals surface area contributed by atoms with E-state index in [1.54, 1.807) is 5.41 Å². The Morgan fingerprint density at radius 1 is 0.929 bits per heavy atom. The molecule has 76 valence electrons. The van der Waals surface area contributed by atoms with Gasteiger partial charge in [-0.05, 0) is 31.8 Å². The van der Waals surface area contributed by atoms with Gasteiger partial charge < -0.3 is 0 Å². The van der Waals surface area contributed by atoms with Crippen LogP contribution in [0.2, 0.25) is 0 Å². The molecule has 0 saturated carbocycles. The highest BCUT2D eigenvalue weighted by atomic mass is 32.1. The first-order valence-electron chi connectivity index (χ1n) is 4.66. The summed E-state index contributed by atoms with van der Waals surface area (Å²) in [5, 5.41) is 1.78. The van der Waals surface area contributed by atoms with Gasteiger partial charge >= 0.3 is 0 Å². The van der Waals surface area contributed by atoms with Crippen LogP contribution in [-0.4, -0.2) is 0 Å². The molecule has 0 aromatic carbocycles. The predicted molar refractivity (Wildman–Crippen MR) is 69.6 cm³/mol. The Bertz CT molecular complexity index is 288. The molecule has 0 radical (unpaired) electrons. The van der Waals surface area contributed by atoms with E-state index in [0.717, 1.165) is 5.57 Å². The summed E-state index contributed by atoms with van der Waals surface area (Å²) < 4.78 is 0. The molecule has 0 aliphatic rings. The van der Waals surface area contributed by atoms with Crippen molar-refractivity contribution in [3.05, 3.63) is 59.1 Å². The summed E-state index contributed by atoms with van der Waals surface area (Å²) in [5.74, 6) is 0. The van der Waals surface area contributed by atoms with E-state index in [-0.39, 0.29) is 0 Å². The third kappa shape index (κ3) is 7.69. The van der Waals surface area contributed by atoms with Crippen molar-refractivity contribution >= 4 is 12.6 Å². The number of hydrogen-bond acceptors (Lipinski definition) is 1. The Morgan fingerprint density at radius 2 is 1.50 bits per heavy atom. The molecule has 0 nitrogen and oxygen atoms in total. The summed E-state index contributed by atoms with van der Waals surface area (Å²) in [6.45, 7) is 6.10. The molecular weight excluding hydrogens is 188 g/mol. The van der Waals surface area contributed by atoms with E-state index in [1.165, 1.54) is 5.57 Å². The highest BCUT2D eigenvalue weighted by molar-refractivity contribution is 7.83. The second-order valence-electron chi connectivity index (χ2n) is 3.03. The third-order valence-electron chi connectivity index (χ3n) is 1.58. The van der Waals surface area contributed by atoms with Crippen LogP contribution in [0.4, 0.5) is 0 Å². The van der Waals surface area contributed by atoms with Crippen LogP contribution in [0.3, 0.4) is 0 Å². The molecule has 0 amide bonds. The van der Waals surface area contributed by atoms with Crippen LogP contribution in [0.15, 0.2) is 59.1 Å². The second kappa shape index (κ2) is 8.64. The molecular formula is C13H18S. The van der Waals surface area contributed by atoms with Crippen LogP contribution >= 0.6 is 12.6 Å². The summed E-state index contributed by atoms with van der Waals surface area (Å²) in [5.41, 5.74) is 2.38. The quantitative estimate of drug-likeness (QED) is 0.509. The van der Waals surface area contributed by atoms with Gasteiger partial charge in [-0.1, -0.05) is 48.1 Å². The summed E-state index contributed by atoms with van der Waals surface area (Å²) in [7, 11) is 0. The number of hydrogen-bond donors (Lipinski definition) is 1. The lowest BCUT2D eigenvalue weighted by Crippen LogP contribution is -1.65. The molecule has 0 bridgehead atoms. The van der Waals surface area contributed by atoms with Crippen molar-refractivity contribution in [1.29, 1.82) is 0 Å². The fraction of sp³-hybridized carbons (Fsp3) is 0.231. The Kier molecular flexibility index (Phi) is 8.05. The minimum absolute atomic E-state index is 1.15. The molecule has 0 aliphatic carbocycles. The lowest BCUT2D eigenvalue weighted by molar-refractivity contribution is 1.51. The molecule has 0 aromatic heterocycles. The summed E-state index contributed by atoms with van der Waals surface area (Å²) in [6, 6.07) is 0. The summed E-state index contributed by atoms with van der Waals surface area (Å²) >= 11 is 4.05. The second-order valence-corrected chi connectivity index (χ2v) is 3.29. The van der Waals surface area contributed by atoms with Crippen LogP contribution < -0.4 is 0 Å². The zero-order chi connectivity index (χ0) is 10.8.